The smallest absolute Gasteiger partial charge is 0.179 e. The highest BCUT2D eigenvalue weighted by Gasteiger charge is 2.29. The van der Waals surface area contributed by atoms with Gasteiger partial charge in [-0.25, -0.2) is 8.42 Å². The van der Waals surface area contributed by atoms with Crippen LogP contribution in [0.3, 0.4) is 0 Å². The average Bonchev–Trinajstić information content (AvgIpc) is 3.03. The van der Waals surface area contributed by atoms with E-state index in [2.05, 4.69) is 16.4 Å². The van der Waals surface area contributed by atoms with E-state index in [4.69, 9.17) is 0 Å². The molecule has 0 atom stereocenters. The standard InChI is InChI=1S/C22H15N3O3S/c23-11-14-12-24-18-6-7-20-16(8-9-29(20,27)28)21(18)22(14)25-15-5-4-13-2-1-3-19(26)17(13)10-15/h1-7,10,12,26H,8-9H2,(H,24,25). The number of pyridine rings is 1. The van der Waals surface area contributed by atoms with Crippen LogP contribution in [0, 0.1) is 11.3 Å². The molecule has 7 heteroatoms. The summed E-state index contributed by atoms with van der Waals surface area (Å²) in [4.78, 5) is 4.65. The van der Waals surface area contributed by atoms with Gasteiger partial charge in [-0.1, -0.05) is 18.2 Å². The van der Waals surface area contributed by atoms with Gasteiger partial charge in [-0.2, -0.15) is 5.26 Å². The van der Waals surface area contributed by atoms with Gasteiger partial charge in [0.25, 0.3) is 0 Å². The molecule has 0 fully saturated rings. The normalized spacial score (nSPS) is 14.6. The molecule has 29 heavy (non-hydrogen) atoms. The lowest BCUT2D eigenvalue weighted by Gasteiger charge is -2.15. The van der Waals surface area contributed by atoms with Crippen LogP contribution in [-0.4, -0.2) is 24.3 Å². The van der Waals surface area contributed by atoms with Gasteiger partial charge < -0.3 is 10.4 Å². The molecule has 1 aliphatic rings. The Labute approximate surface area is 167 Å². The lowest BCUT2D eigenvalue weighted by molar-refractivity contribution is 0.481. The quantitative estimate of drug-likeness (QED) is 0.525. The summed E-state index contributed by atoms with van der Waals surface area (Å²) in [5.41, 5.74) is 2.86. The lowest BCUT2D eigenvalue weighted by Crippen LogP contribution is -2.00. The van der Waals surface area contributed by atoms with Crippen molar-refractivity contribution in [2.24, 2.45) is 0 Å². The third kappa shape index (κ3) is 2.69. The van der Waals surface area contributed by atoms with Gasteiger partial charge in [0.1, 0.15) is 11.8 Å². The molecule has 4 aromatic rings. The minimum atomic E-state index is -3.31. The van der Waals surface area contributed by atoms with Gasteiger partial charge in [-0.15, -0.1) is 0 Å². The van der Waals surface area contributed by atoms with E-state index in [1.54, 1.807) is 30.3 Å². The van der Waals surface area contributed by atoms with E-state index in [0.717, 1.165) is 5.39 Å². The van der Waals surface area contributed by atoms with Gasteiger partial charge in [0, 0.05) is 22.7 Å². The Bertz CT molecular complexity index is 1470. The Hall–Kier alpha value is -3.63. The first-order chi connectivity index (χ1) is 14.0. The molecule has 1 aliphatic heterocycles. The molecule has 0 spiro atoms. The molecule has 142 valence electrons. The molecule has 0 saturated heterocycles. The van der Waals surface area contributed by atoms with E-state index in [1.165, 1.54) is 6.20 Å². The Balaban J connectivity index is 1.75. The highest BCUT2D eigenvalue weighted by molar-refractivity contribution is 7.91. The number of phenolic OH excluding ortho intramolecular Hbond substituents is 1. The van der Waals surface area contributed by atoms with E-state index in [0.29, 0.717) is 50.1 Å². The van der Waals surface area contributed by atoms with Crippen molar-refractivity contribution in [3.05, 3.63) is 65.9 Å². The number of hydrogen-bond acceptors (Lipinski definition) is 6. The minimum absolute atomic E-state index is 0.0571. The van der Waals surface area contributed by atoms with Crippen LogP contribution >= 0.6 is 0 Å². The number of rotatable bonds is 2. The third-order valence-corrected chi connectivity index (χ3v) is 7.10. The average molecular weight is 401 g/mol. The fourth-order valence-electron chi connectivity index (χ4n) is 3.91. The van der Waals surface area contributed by atoms with Crippen LogP contribution in [0.25, 0.3) is 21.7 Å². The van der Waals surface area contributed by atoms with Crippen LogP contribution in [-0.2, 0) is 16.3 Å². The predicted molar refractivity (Wildman–Crippen MR) is 111 cm³/mol. The zero-order chi connectivity index (χ0) is 20.2. The van der Waals surface area contributed by atoms with Crippen molar-refractivity contribution in [2.45, 2.75) is 11.3 Å². The number of benzene rings is 3. The molecule has 0 amide bonds. The van der Waals surface area contributed by atoms with Gasteiger partial charge in [0.15, 0.2) is 9.84 Å². The topological polar surface area (TPSA) is 103 Å². The van der Waals surface area contributed by atoms with Crippen LogP contribution in [0.4, 0.5) is 11.4 Å². The summed E-state index contributed by atoms with van der Waals surface area (Å²) in [6, 6.07) is 16.2. The van der Waals surface area contributed by atoms with E-state index >= 15 is 0 Å². The zero-order valence-corrected chi connectivity index (χ0v) is 16.0. The van der Waals surface area contributed by atoms with Crippen molar-refractivity contribution in [3.8, 4) is 11.8 Å². The third-order valence-electron chi connectivity index (χ3n) is 5.30. The Morgan fingerprint density at radius 3 is 2.83 bits per heavy atom. The fraction of sp³-hybridized carbons (Fsp3) is 0.0909. The summed E-state index contributed by atoms with van der Waals surface area (Å²) in [5.74, 6) is 0.222. The first-order valence-electron chi connectivity index (χ1n) is 9.04. The minimum Gasteiger partial charge on any atom is -0.507 e. The fourth-order valence-corrected chi connectivity index (χ4v) is 5.46. The second-order valence-corrected chi connectivity index (χ2v) is 9.08. The van der Waals surface area contributed by atoms with Gasteiger partial charge in [0.05, 0.1) is 27.4 Å². The summed E-state index contributed by atoms with van der Waals surface area (Å²) < 4.78 is 24.7. The number of nitrogens with one attached hydrogen (secondary N) is 1. The molecule has 3 aromatic carbocycles. The Morgan fingerprint density at radius 2 is 2.00 bits per heavy atom. The van der Waals surface area contributed by atoms with Crippen molar-refractivity contribution in [3.63, 3.8) is 0 Å². The van der Waals surface area contributed by atoms with Crippen molar-refractivity contribution in [1.82, 2.24) is 4.98 Å². The summed E-state index contributed by atoms with van der Waals surface area (Å²) in [6.07, 6.45) is 1.87. The van der Waals surface area contributed by atoms with Crippen molar-refractivity contribution < 1.29 is 13.5 Å². The van der Waals surface area contributed by atoms with Crippen molar-refractivity contribution in [1.29, 1.82) is 5.26 Å². The molecule has 1 aromatic heterocycles. The highest BCUT2D eigenvalue weighted by atomic mass is 32.2. The predicted octanol–water partition coefficient (Wildman–Crippen LogP) is 4.04. The number of aromatic hydroxyl groups is 1. The lowest BCUT2D eigenvalue weighted by atomic mass is 10.0. The summed E-state index contributed by atoms with van der Waals surface area (Å²) in [7, 11) is -3.31. The summed E-state index contributed by atoms with van der Waals surface area (Å²) >= 11 is 0. The van der Waals surface area contributed by atoms with Crippen LogP contribution in [0.5, 0.6) is 5.75 Å². The van der Waals surface area contributed by atoms with E-state index in [-0.39, 0.29) is 11.5 Å². The van der Waals surface area contributed by atoms with Gasteiger partial charge in [-0.05, 0) is 47.7 Å². The molecule has 2 heterocycles. The molecule has 0 unspecified atom stereocenters. The molecule has 0 bridgehead atoms. The largest absolute Gasteiger partial charge is 0.507 e. The number of nitrogens with zero attached hydrogens (tertiary/aromatic N) is 2. The number of sulfone groups is 1. The van der Waals surface area contributed by atoms with E-state index in [9.17, 15) is 18.8 Å². The molecule has 6 nitrogen and oxygen atoms in total. The maximum atomic E-state index is 12.4. The molecule has 0 aliphatic carbocycles. The number of fused-ring (bicyclic) bond motifs is 4. The van der Waals surface area contributed by atoms with Gasteiger partial charge in [0.2, 0.25) is 0 Å². The maximum Gasteiger partial charge on any atom is 0.179 e. The molecule has 5 rings (SSSR count). The van der Waals surface area contributed by atoms with Crippen LogP contribution in [0.1, 0.15) is 11.1 Å². The number of anilines is 2. The molecular weight excluding hydrogens is 386 g/mol. The maximum absolute atomic E-state index is 12.4. The van der Waals surface area contributed by atoms with E-state index < -0.39 is 9.84 Å². The van der Waals surface area contributed by atoms with Gasteiger partial charge >= 0.3 is 0 Å². The molecular formula is C22H15N3O3S. The summed E-state index contributed by atoms with van der Waals surface area (Å²) in [5, 5.41) is 25.3. The molecule has 0 saturated carbocycles. The van der Waals surface area contributed by atoms with E-state index in [1.807, 2.05) is 18.2 Å². The van der Waals surface area contributed by atoms with Gasteiger partial charge in [-0.3, -0.25) is 4.98 Å². The molecule has 2 N–H and O–H groups in total. The second kappa shape index (κ2) is 6.19. The monoisotopic (exact) mass is 401 g/mol. The number of aryl methyl sites for hydroxylation is 1. The zero-order valence-electron chi connectivity index (χ0n) is 15.2. The number of hydrogen-bond donors (Lipinski definition) is 2. The van der Waals surface area contributed by atoms with Crippen molar-refractivity contribution in [2.75, 3.05) is 11.1 Å². The number of nitriles is 1. The first-order valence-corrected chi connectivity index (χ1v) is 10.7. The van der Waals surface area contributed by atoms with Crippen LogP contribution < -0.4 is 5.32 Å². The first kappa shape index (κ1) is 17.5. The van der Waals surface area contributed by atoms with Crippen LogP contribution in [0.2, 0.25) is 0 Å². The molecule has 0 radical (unpaired) electrons. The number of aromatic nitrogens is 1. The Morgan fingerprint density at radius 1 is 1.14 bits per heavy atom. The number of phenols is 1. The van der Waals surface area contributed by atoms with Crippen molar-refractivity contribution >= 4 is 42.9 Å². The SMILES string of the molecule is N#Cc1cnc2ccc3c(c2c1Nc1ccc2cccc(O)c2c1)CCS3(=O)=O. The van der Waals surface area contributed by atoms with Crippen LogP contribution in [0.15, 0.2) is 59.6 Å². The highest BCUT2D eigenvalue weighted by Crippen LogP contribution is 2.38. The Kier molecular flexibility index (Phi) is 3.73. The second-order valence-electron chi connectivity index (χ2n) is 7.00. The summed E-state index contributed by atoms with van der Waals surface area (Å²) in [6.45, 7) is 0.